The second-order valence-corrected chi connectivity index (χ2v) is 8.07. The van der Waals surface area contributed by atoms with Crippen molar-refractivity contribution in [3.8, 4) is 5.75 Å². The van der Waals surface area contributed by atoms with Gasteiger partial charge in [0.15, 0.2) is 0 Å². The van der Waals surface area contributed by atoms with Crippen molar-refractivity contribution in [2.75, 3.05) is 6.61 Å². The first kappa shape index (κ1) is 18.1. The summed E-state index contributed by atoms with van der Waals surface area (Å²) in [6.45, 7) is 3.17. The summed E-state index contributed by atoms with van der Waals surface area (Å²) in [5.74, 6) is 3.01. The third-order valence-corrected chi connectivity index (χ3v) is 5.74. The lowest BCUT2D eigenvalue weighted by atomic mass is 9.78. The summed E-state index contributed by atoms with van der Waals surface area (Å²) >= 11 is 2.33. The third kappa shape index (κ3) is 6.89. The normalized spacial score (nSPS) is 21.7. The Bertz CT molecular complexity index is 393. The van der Waals surface area contributed by atoms with E-state index in [1.54, 1.807) is 0 Å². The van der Waals surface area contributed by atoms with Crippen LogP contribution >= 0.6 is 22.6 Å². The Kier molecular flexibility index (Phi) is 8.64. The first-order valence-electron chi connectivity index (χ1n) is 9.16. The molecule has 0 N–H and O–H groups in total. The van der Waals surface area contributed by atoms with E-state index in [2.05, 4.69) is 53.8 Å². The fourth-order valence-electron chi connectivity index (χ4n) is 3.58. The average molecular weight is 414 g/mol. The zero-order valence-electron chi connectivity index (χ0n) is 14.0. The van der Waals surface area contributed by atoms with Gasteiger partial charge >= 0.3 is 0 Å². The molecular formula is C20H31IO. The Labute approximate surface area is 150 Å². The predicted molar refractivity (Wildman–Crippen MR) is 103 cm³/mol. The number of hydrogen-bond donors (Lipinski definition) is 0. The van der Waals surface area contributed by atoms with Gasteiger partial charge < -0.3 is 4.74 Å². The molecule has 22 heavy (non-hydrogen) atoms. The topological polar surface area (TPSA) is 9.23 Å². The smallest absolute Gasteiger partial charge is 0.119 e. The molecule has 0 heterocycles. The van der Waals surface area contributed by atoms with Crippen molar-refractivity contribution >= 4 is 22.6 Å². The quantitative estimate of drug-likeness (QED) is 0.318. The van der Waals surface area contributed by atoms with E-state index in [9.17, 15) is 0 Å². The van der Waals surface area contributed by atoms with Gasteiger partial charge in [-0.3, -0.25) is 0 Å². The first-order valence-corrected chi connectivity index (χ1v) is 10.2. The Balaban J connectivity index is 1.52. The largest absolute Gasteiger partial charge is 0.494 e. The van der Waals surface area contributed by atoms with Crippen LogP contribution in [0.15, 0.2) is 24.3 Å². The Morgan fingerprint density at radius 1 is 0.909 bits per heavy atom. The van der Waals surface area contributed by atoms with E-state index >= 15 is 0 Å². The predicted octanol–water partition coefficient (Wildman–Crippen LogP) is 6.84. The first-order chi connectivity index (χ1) is 10.8. The van der Waals surface area contributed by atoms with Crippen LogP contribution in [0.1, 0.15) is 71.1 Å². The van der Waals surface area contributed by atoms with E-state index in [0.717, 1.165) is 24.2 Å². The highest BCUT2D eigenvalue weighted by atomic mass is 127. The summed E-state index contributed by atoms with van der Waals surface area (Å²) < 4.78 is 7.10. The number of benzene rings is 1. The number of ether oxygens (including phenoxy) is 1. The van der Waals surface area contributed by atoms with Gasteiger partial charge in [0.25, 0.3) is 0 Å². The molecule has 1 saturated carbocycles. The lowest BCUT2D eigenvalue weighted by Gasteiger charge is -2.28. The number of hydrogen-bond acceptors (Lipinski definition) is 1. The number of unbranched alkanes of at least 4 members (excludes halogenated alkanes) is 2. The highest BCUT2D eigenvalue weighted by Crippen LogP contribution is 2.34. The van der Waals surface area contributed by atoms with Crippen molar-refractivity contribution in [3.63, 3.8) is 0 Å². The lowest BCUT2D eigenvalue weighted by Crippen LogP contribution is -2.15. The molecule has 1 aliphatic carbocycles. The molecule has 0 unspecified atom stereocenters. The zero-order valence-corrected chi connectivity index (χ0v) is 16.2. The number of halogens is 1. The summed E-state index contributed by atoms with van der Waals surface area (Å²) in [4.78, 5) is 0. The molecule has 0 aliphatic heterocycles. The summed E-state index contributed by atoms with van der Waals surface area (Å²) in [5, 5.41) is 0. The van der Waals surface area contributed by atoms with Gasteiger partial charge in [-0.15, -0.1) is 0 Å². The maximum atomic E-state index is 5.84. The summed E-state index contributed by atoms with van der Waals surface area (Å²) in [7, 11) is 0. The summed E-state index contributed by atoms with van der Waals surface area (Å²) in [6, 6.07) is 8.36. The van der Waals surface area contributed by atoms with Crippen LogP contribution in [0.3, 0.4) is 0 Å². The molecule has 0 atom stereocenters. The van der Waals surface area contributed by atoms with E-state index in [1.807, 2.05) is 0 Å². The minimum absolute atomic E-state index is 0.872. The van der Waals surface area contributed by atoms with E-state index in [-0.39, 0.29) is 0 Å². The van der Waals surface area contributed by atoms with Crippen LogP contribution in [0, 0.1) is 15.4 Å². The SMILES string of the molecule is CCCCCC1CCC(CCCOc2ccc(I)cc2)CC1. The molecule has 0 saturated heterocycles. The maximum Gasteiger partial charge on any atom is 0.119 e. The Morgan fingerprint density at radius 2 is 1.50 bits per heavy atom. The van der Waals surface area contributed by atoms with Crippen LogP contribution in [0.2, 0.25) is 0 Å². The van der Waals surface area contributed by atoms with Crippen LogP contribution in [-0.2, 0) is 0 Å². The van der Waals surface area contributed by atoms with Crippen molar-refractivity contribution in [1.82, 2.24) is 0 Å². The third-order valence-electron chi connectivity index (χ3n) is 5.02. The maximum absolute atomic E-state index is 5.84. The number of rotatable bonds is 9. The molecule has 0 bridgehead atoms. The molecule has 1 aromatic carbocycles. The van der Waals surface area contributed by atoms with Crippen LogP contribution in [0.25, 0.3) is 0 Å². The highest BCUT2D eigenvalue weighted by molar-refractivity contribution is 14.1. The minimum Gasteiger partial charge on any atom is -0.494 e. The lowest BCUT2D eigenvalue weighted by molar-refractivity contribution is 0.228. The highest BCUT2D eigenvalue weighted by Gasteiger charge is 2.20. The van der Waals surface area contributed by atoms with E-state index < -0.39 is 0 Å². The van der Waals surface area contributed by atoms with Crippen LogP contribution in [-0.4, -0.2) is 6.61 Å². The summed E-state index contributed by atoms with van der Waals surface area (Å²) in [5.41, 5.74) is 0. The molecular weight excluding hydrogens is 383 g/mol. The van der Waals surface area contributed by atoms with E-state index in [1.165, 1.54) is 67.8 Å². The molecule has 124 valence electrons. The van der Waals surface area contributed by atoms with Crippen molar-refractivity contribution in [3.05, 3.63) is 27.8 Å². The fraction of sp³-hybridized carbons (Fsp3) is 0.700. The van der Waals surface area contributed by atoms with Gasteiger partial charge in [-0.05, 0) is 71.5 Å². The van der Waals surface area contributed by atoms with Gasteiger partial charge in [0.05, 0.1) is 6.61 Å². The van der Waals surface area contributed by atoms with Crippen LogP contribution in [0.5, 0.6) is 5.75 Å². The zero-order chi connectivity index (χ0) is 15.6. The second kappa shape index (κ2) is 10.5. The van der Waals surface area contributed by atoms with Crippen molar-refractivity contribution < 1.29 is 4.74 Å². The van der Waals surface area contributed by atoms with Gasteiger partial charge in [-0.2, -0.15) is 0 Å². The molecule has 0 radical (unpaired) electrons. The van der Waals surface area contributed by atoms with Crippen LogP contribution < -0.4 is 4.74 Å². The molecule has 1 nitrogen and oxygen atoms in total. The molecule has 1 fully saturated rings. The standard InChI is InChI=1S/C20H31IO/c1-2-3-4-6-17-8-10-18(11-9-17)7-5-16-22-20-14-12-19(21)13-15-20/h12-15,17-18H,2-11,16H2,1H3. The molecule has 1 aliphatic rings. The van der Waals surface area contributed by atoms with Crippen molar-refractivity contribution in [2.45, 2.75) is 71.1 Å². The van der Waals surface area contributed by atoms with Gasteiger partial charge in [0, 0.05) is 3.57 Å². The molecule has 0 aromatic heterocycles. The molecule has 0 spiro atoms. The summed E-state index contributed by atoms with van der Waals surface area (Å²) in [6.07, 6.45) is 14.2. The second-order valence-electron chi connectivity index (χ2n) is 6.83. The molecule has 2 rings (SSSR count). The molecule has 2 heteroatoms. The van der Waals surface area contributed by atoms with Crippen LogP contribution in [0.4, 0.5) is 0 Å². The molecule has 1 aromatic rings. The van der Waals surface area contributed by atoms with E-state index in [0.29, 0.717) is 0 Å². The minimum atomic E-state index is 0.872. The van der Waals surface area contributed by atoms with Gasteiger partial charge in [-0.25, -0.2) is 0 Å². The van der Waals surface area contributed by atoms with Crippen molar-refractivity contribution in [2.24, 2.45) is 11.8 Å². The Hall–Kier alpha value is -0.250. The van der Waals surface area contributed by atoms with Gasteiger partial charge in [0.1, 0.15) is 5.75 Å². The van der Waals surface area contributed by atoms with Gasteiger partial charge in [0.2, 0.25) is 0 Å². The monoisotopic (exact) mass is 414 g/mol. The average Bonchev–Trinajstić information content (AvgIpc) is 2.55. The van der Waals surface area contributed by atoms with Crippen molar-refractivity contribution in [1.29, 1.82) is 0 Å². The molecule has 0 amide bonds. The van der Waals surface area contributed by atoms with Gasteiger partial charge in [-0.1, -0.05) is 58.3 Å². The van der Waals surface area contributed by atoms with E-state index in [4.69, 9.17) is 4.74 Å². The fourth-order valence-corrected chi connectivity index (χ4v) is 3.94. The Morgan fingerprint density at radius 3 is 2.09 bits per heavy atom.